The lowest BCUT2D eigenvalue weighted by Gasteiger charge is -2.16. The molecule has 0 bridgehead atoms. The second-order valence-electron chi connectivity index (χ2n) is 4.57. The molecule has 0 aliphatic carbocycles. The summed E-state index contributed by atoms with van der Waals surface area (Å²) in [5, 5.41) is 23.6. The minimum atomic E-state index is -0.475. The van der Waals surface area contributed by atoms with Gasteiger partial charge in [0.05, 0.1) is 18.1 Å². The summed E-state index contributed by atoms with van der Waals surface area (Å²) < 4.78 is 5.15. The Kier molecular flexibility index (Phi) is 5.34. The van der Waals surface area contributed by atoms with E-state index in [1.54, 1.807) is 18.2 Å². The zero-order chi connectivity index (χ0) is 15.9. The van der Waals surface area contributed by atoms with Gasteiger partial charge in [-0.15, -0.1) is 6.58 Å². The molecule has 1 heterocycles. The van der Waals surface area contributed by atoms with Crippen LogP contribution >= 0.6 is 0 Å². The van der Waals surface area contributed by atoms with Crippen LogP contribution in [-0.2, 0) is 6.54 Å². The van der Waals surface area contributed by atoms with Crippen LogP contribution in [0.5, 0.6) is 0 Å². The average molecular weight is 304 g/mol. The molecule has 0 atom stereocenters. The molecule has 0 aliphatic rings. The molecule has 8 nitrogen and oxygen atoms in total. The smallest absolute Gasteiger partial charge is 0.270 e. The van der Waals surface area contributed by atoms with Crippen LogP contribution in [-0.4, -0.2) is 44.8 Å². The van der Waals surface area contributed by atoms with Gasteiger partial charge in [0.15, 0.2) is 0 Å². The number of nitro benzene ring substituents is 1. The Hall–Kier alpha value is -2.58. The van der Waals surface area contributed by atoms with Crippen LogP contribution in [0, 0.1) is 10.1 Å². The van der Waals surface area contributed by atoms with Crippen molar-refractivity contribution >= 4 is 5.69 Å². The number of aliphatic hydroxyl groups excluding tert-OH is 1. The summed E-state index contributed by atoms with van der Waals surface area (Å²) in [6.45, 7) is 5.07. The molecule has 0 spiro atoms. The van der Waals surface area contributed by atoms with Gasteiger partial charge in [-0.1, -0.05) is 23.4 Å². The third-order valence-corrected chi connectivity index (χ3v) is 2.95. The van der Waals surface area contributed by atoms with E-state index in [2.05, 4.69) is 16.7 Å². The Morgan fingerprint density at radius 1 is 1.50 bits per heavy atom. The van der Waals surface area contributed by atoms with Crippen LogP contribution in [0.2, 0.25) is 0 Å². The first-order valence-electron chi connectivity index (χ1n) is 6.65. The fourth-order valence-electron chi connectivity index (χ4n) is 1.95. The Morgan fingerprint density at radius 3 is 3.00 bits per heavy atom. The average Bonchev–Trinajstić information content (AvgIpc) is 2.96. The van der Waals surface area contributed by atoms with E-state index >= 15 is 0 Å². The lowest BCUT2D eigenvalue weighted by atomic mass is 10.2. The highest BCUT2D eigenvalue weighted by molar-refractivity contribution is 5.58. The van der Waals surface area contributed by atoms with Gasteiger partial charge < -0.3 is 9.63 Å². The van der Waals surface area contributed by atoms with E-state index in [0.29, 0.717) is 36.9 Å². The summed E-state index contributed by atoms with van der Waals surface area (Å²) in [5.41, 5.74) is 0.485. The van der Waals surface area contributed by atoms with E-state index in [9.17, 15) is 10.1 Å². The highest BCUT2D eigenvalue weighted by Crippen LogP contribution is 2.21. The predicted molar refractivity (Wildman–Crippen MR) is 78.9 cm³/mol. The molecule has 0 unspecified atom stereocenters. The number of aliphatic hydroxyl groups is 1. The molecule has 116 valence electrons. The first kappa shape index (κ1) is 15.8. The molecule has 0 saturated heterocycles. The van der Waals surface area contributed by atoms with Gasteiger partial charge in [-0.3, -0.25) is 15.0 Å². The van der Waals surface area contributed by atoms with Crippen molar-refractivity contribution in [3.8, 4) is 11.4 Å². The largest absolute Gasteiger partial charge is 0.395 e. The number of benzene rings is 1. The molecular weight excluding hydrogens is 288 g/mol. The number of non-ortho nitro benzene ring substituents is 1. The maximum Gasteiger partial charge on any atom is 0.270 e. The van der Waals surface area contributed by atoms with E-state index in [1.807, 2.05) is 4.90 Å². The molecule has 22 heavy (non-hydrogen) atoms. The first-order valence-corrected chi connectivity index (χ1v) is 6.65. The third-order valence-electron chi connectivity index (χ3n) is 2.95. The number of nitro groups is 1. The standard InChI is InChI=1S/C14H16N4O4/c1-2-6-17(7-8-19)10-13-15-14(16-22-13)11-4-3-5-12(9-11)18(20)21/h2-5,9,19H,1,6-8,10H2. The molecular formula is C14H16N4O4. The summed E-state index contributed by atoms with van der Waals surface area (Å²) >= 11 is 0. The minimum absolute atomic E-state index is 0.0136. The molecule has 0 radical (unpaired) electrons. The molecule has 2 aromatic rings. The summed E-state index contributed by atoms with van der Waals surface area (Å²) in [6.07, 6.45) is 1.72. The normalized spacial score (nSPS) is 10.8. The third kappa shape index (κ3) is 3.96. The number of hydrogen-bond acceptors (Lipinski definition) is 7. The van der Waals surface area contributed by atoms with E-state index in [1.165, 1.54) is 12.1 Å². The van der Waals surface area contributed by atoms with Crippen molar-refractivity contribution in [2.75, 3.05) is 19.7 Å². The molecule has 1 aromatic heterocycles. The lowest BCUT2D eigenvalue weighted by molar-refractivity contribution is -0.384. The first-order chi connectivity index (χ1) is 10.6. The maximum absolute atomic E-state index is 10.8. The topological polar surface area (TPSA) is 106 Å². The van der Waals surface area contributed by atoms with Crippen LogP contribution in [0.4, 0.5) is 5.69 Å². The van der Waals surface area contributed by atoms with Gasteiger partial charge in [-0.2, -0.15) is 4.98 Å². The summed E-state index contributed by atoms with van der Waals surface area (Å²) in [4.78, 5) is 16.4. The van der Waals surface area contributed by atoms with Gasteiger partial charge in [0.25, 0.3) is 5.69 Å². The van der Waals surface area contributed by atoms with Crippen molar-refractivity contribution in [2.45, 2.75) is 6.54 Å². The summed E-state index contributed by atoms with van der Waals surface area (Å²) in [7, 11) is 0. The Balaban J connectivity index is 2.15. The maximum atomic E-state index is 10.8. The van der Waals surface area contributed by atoms with Gasteiger partial charge >= 0.3 is 0 Å². The van der Waals surface area contributed by atoms with Gasteiger partial charge in [0.2, 0.25) is 11.7 Å². The number of aromatic nitrogens is 2. The van der Waals surface area contributed by atoms with E-state index in [-0.39, 0.29) is 12.3 Å². The van der Waals surface area contributed by atoms with Crippen LogP contribution in [0.1, 0.15) is 5.89 Å². The van der Waals surface area contributed by atoms with E-state index in [4.69, 9.17) is 9.63 Å². The molecule has 2 rings (SSSR count). The summed E-state index contributed by atoms with van der Waals surface area (Å²) in [6, 6.07) is 6.04. The SMILES string of the molecule is C=CCN(CCO)Cc1nc(-c2cccc([N+](=O)[O-])c2)no1. The van der Waals surface area contributed by atoms with Crippen LogP contribution in [0.15, 0.2) is 41.4 Å². The number of rotatable bonds is 8. The fraction of sp³-hybridized carbons (Fsp3) is 0.286. The van der Waals surface area contributed by atoms with E-state index < -0.39 is 4.92 Å². The van der Waals surface area contributed by atoms with Crippen molar-refractivity contribution in [2.24, 2.45) is 0 Å². The van der Waals surface area contributed by atoms with Crippen LogP contribution < -0.4 is 0 Å². The number of nitrogens with zero attached hydrogens (tertiary/aromatic N) is 4. The Labute approximate surface area is 126 Å². The van der Waals surface area contributed by atoms with Crippen LogP contribution in [0.25, 0.3) is 11.4 Å². The van der Waals surface area contributed by atoms with Gasteiger partial charge in [-0.05, 0) is 0 Å². The predicted octanol–water partition coefficient (Wildman–Crippen LogP) is 1.63. The minimum Gasteiger partial charge on any atom is -0.395 e. The lowest BCUT2D eigenvalue weighted by Crippen LogP contribution is -2.26. The van der Waals surface area contributed by atoms with Crippen molar-refractivity contribution in [1.29, 1.82) is 0 Å². The van der Waals surface area contributed by atoms with Gasteiger partial charge in [0.1, 0.15) is 0 Å². The highest BCUT2D eigenvalue weighted by atomic mass is 16.6. The second-order valence-corrected chi connectivity index (χ2v) is 4.57. The summed E-state index contributed by atoms with van der Waals surface area (Å²) in [5.74, 6) is 0.665. The van der Waals surface area contributed by atoms with E-state index in [0.717, 1.165) is 0 Å². The molecule has 8 heteroatoms. The van der Waals surface area contributed by atoms with Crippen molar-refractivity contribution < 1.29 is 14.6 Å². The number of hydrogen-bond donors (Lipinski definition) is 1. The molecule has 1 N–H and O–H groups in total. The quantitative estimate of drug-likeness (QED) is 0.449. The Morgan fingerprint density at radius 2 is 2.32 bits per heavy atom. The molecule has 0 saturated carbocycles. The fourth-order valence-corrected chi connectivity index (χ4v) is 1.95. The van der Waals surface area contributed by atoms with Gasteiger partial charge in [0, 0.05) is 30.8 Å². The van der Waals surface area contributed by atoms with Crippen molar-refractivity contribution in [1.82, 2.24) is 15.0 Å². The second kappa shape index (κ2) is 7.43. The monoisotopic (exact) mass is 304 g/mol. The zero-order valence-electron chi connectivity index (χ0n) is 11.9. The highest BCUT2D eigenvalue weighted by Gasteiger charge is 2.14. The van der Waals surface area contributed by atoms with Crippen molar-refractivity contribution in [3.63, 3.8) is 0 Å². The van der Waals surface area contributed by atoms with Crippen molar-refractivity contribution in [3.05, 3.63) is 52.9 Å². The molecule has 1 aromatic carbocycles. The molecule has 0 amide bonds. The van der Waals surface area contributed by atoms with Gasteiger partial charge in [-0.25, -0.2) is 0 Å². The molecule has 0 fully saturated rings. The Bertz CT molecular complexity index is 656. The zero-order valence-corrected chi connectivity index (χ0v) is 11.9. The van der Waals surface area contributed by atoms with Crippen LogP contribution in [0.3, 0.4) is 0 Å². The molecule has 0 aliphatic heterocycles.